The van der Waals surface area contributed by atoms with Gasteiger partial charge in [-0.3, -0.25) is 4.99 Å². The summed E-state index contributed by atoms with van der Waals surface area (Å²) in [5.74, 6) is 0. The fraction of sp³-hybridized carbons (Fsp3) is 0.154. The van der Waals surface area contributed by atoms with Gasteiger partial charge in [0.2, 0.25) is 0 Å². The number of aliphatic imine (C=N–C) groups is 1. The fourth-order valence-corrected chi connectivity index (χ4v) is 2.72. The summed E-state index contributed by atoms with van der Waals surface area (Å²) in [4.78, 5) is 4.02. The zero-order valence-corrected chi connectivity index (χ0v) is 18.7. The maximum atomic E-state index is 7.21. The molecule has 166 valence electrons. The highest BCUT2D eigenvalue weighted by Crippen LogP contribution is 2.19. The van der Waals surface area contributed by atoms with Crippen molar-refractivity contribution in [3.05, 3.63) is 91.0 Å². The Kier molecular flexibility index (Phi) is 10.1. The molecule has 0 bridgehead atoms. The zero-order valence-electron chi connectivity index (χ0n) is 18.7. The second kappa shape index (κ2) is 13.3. The quantitative estimate of drug-likeness (QED) is 0.342. The highest BCUT2D eigenvalue weighted by molar-refractivity contribution is 6.07. The standard InChI is InChI=1S/C13H15N3.C7H10N2.C6H7N/c1-15-11-6-8-13(9-7-11)16-12-4-2-10(14)3-5-12;1-9-7-4-2-6(8)3-5-7;7-6-4-2-1-3-5-6/h2-9,15-16H,14H2,1H3;2,4,8H,3,5H2,1H3;1-5H,7H2. The van der Waals surface area contributed by atoms with Gasteiger partial charge in [-0.05, 0) is 85.7 Å². The van der Waals surface area contributed by atoms with Crippen LogP contribution < -0.4 is 22.1 Å². The van der Waals surface area contributed by atoms with Crippen LogP contribution in [0.4, 0.5) is 28.4 Å². The third-order valence-corrected chi connectivity index (χ3v) is 4.59. The molecule has 0 saturated carbocycles. The molecule has 0 atom stereocenters. The van der Waals surface area contributed by atoms with Crippen molar-refractivity contribution in [2.24, 2.45) is 4.99 Å². The molecule has 1 aliphatic rings. The Morgan fingerprint density at radius 1 is 0.719 bits per heavy atom. The lowest BCUT2D eigenvalue weighted by molar-refractivity contribution is 1.11. The van der Waals surface area contributed by atoms with Gasteiger partial charge >= 0.3 is 0 Å². The number of anilines is 5. The molecule has 0 aliphatic heterocycles. The molecule has 0 amide bonds. The molecule has 0 spiro atoms. The van der Waals surface area contributed by atoms with E-state index in [1.54, 1.807) is 7.05 Å². The molecular formula is C26H32N6. The van der Waals surface area contributed by atoms with Crippen molar-refractivity contribution in [3.63, 3.8) is 0 Å². The summed E-state index contributed by atoms with van der Waals surface area (Å²) in [6, 6.07) is 25.3. The minimum absolute atomic E-state index is 0.711. The first-order chi connectivity index (χ1) is 15.5. The lowest BCUT2D eigenvalue weighted by atomic mass is 10.0. The largest absolute Gasteiger partial charge is 0.399 e. The van der Waals surface area contributed by atoms with Crippen molar-refractivity contribution in [2.75, 3.05) is 36.2 Å². The van der Waals surface area contributed by atoms with Crippen LogP contribution in [0, 0.1) is 5.41 Å². The topological polar surface area (TPSA) is 112 Å². The van der Waals surface area contributed by atoms with E-state index in [4.69, 9.17) is 16.9 Å². The summed E-state index contributed by atoms with van der Waals surface area (Å²) < 4.78 is 0. The highest BCUT2D eigenvalue weighted by Gasteiger charge is 2.02. The summed E-state index contributed by atoms with van der Waals surface area (Å²) in [6.07, 6.45) is 5.51. The number of hydrogen-bond donors (Lipinski definition) is 5. The van der Waals surface area contributed by atoms with E-state index >= 15 is 0 Å². The third kappa shape index (κ3) is 9.17. The zero-order chi connectivity index (χ0) is 23.2. The van der Waals surface area contributed by atoms with Crippen LogP contribution in [0.5, 0.6) is 0 Å². The van der Waals surface area contributed by atoms with Crippen molar-refractivity contribution in [1.29, 1.82) is 5.41 Å². The maximum Gasteiger partial charge on any atom is 0.0385 e. The van der Waals surface area contributed by atoms with Crippen LogP contribution in [-0.4, -0.2) is 25.5 Å². The fourth-order valence-electron chi connectivity index (χ4n) is 2.72. The Morgan fingerprint density at radius 3 is 1.69 bits per heavy atom. The Bertz CT molecular complexity index is 1010. The van der Waals surface area contributed by atoms with E-state index < -0.39 is 0 Å². The summed E-state index contributed by atoms with van der Waals surface area (Å²) in [5, 5.41) is 13.6. The smallest absolute Gasteiger partial charge is 0.0385 e. The number of para-hydroxylation sites is 1. The molecule has 3 aromatic carbocycles. The maximum absolute atomic E-state index is 7.21. The van der Waals surface area contributed by atoms with Crippen molar-refractivity contribution in [1.82, 2.24) is 0 Å². The van der Waals surface area contributed by atoms with E-state index in [2.05, 4.69) is 15.6 Å². The van der Waals surface area contributed by atoms with Crippen LogP contribution in [0.3, 0.4) is 0 Å². The average Bonchev–Trinajstić information content (AvgIpc) is 2.83. The average molecular weight is 429 g/mol. The molecule has 7 N–H and O–H groups in total. The minimum Gasteiger partial charge on any atom is -0.399 e. The van der Waals surface area contributed by atoms with Crippen molar-refractivity contribution in [3.8, 4) is 0 Å². The van der Waals surface area contributed by atoms with Gasteiger partial charge in [0.15, 0.2) is 0 Å². The Balaban J connectivity index is 0.000000191. The molecular weight excluding hydrogens is 396 g/mol. The molecule has 6 nitrogen and oxygen atoms in total. The van der Waals surface area contributed by atoms with Gasteiger partial charge < -0.3 is 27.5 Å². The van der Waals surface area contributed by atoms with E-state index in [9.17, 15) is 0 Å². The van der Waals surface area contributed by atoms with E-state index in [0.717, 1.165) is 47.0 Å². The molecule has 0 unspecified atom stereocenters. The van der Waals surface area contributed by atoms with Gasteiger partial charge in [-0.15, -0.1) is 0 Å². The number of nitrogens with one attached hydrogen (secondary N) is 3. The normalized spacial score (nSPS) is 13.3. The first-order valence-corrected chi connectivity index (χ1v) is 10.4. The lowest BCUT2D eigenvalue weighted by Gasteiger charge is -2.07. The first kappa shape index (κ1) is 24.2. The van der Waals surface area contributed by atoms with E-state index in [0.29, 0.717) is 5.71 Å². The van der Waals surface area contributed by atoms with Gasteiger partial charge in [-0.1, -0.05) is 18.2 Å². The molecule has 6 heteroatoms. The van der Waals surface area contributed by atoms with E-state index in [1.807, 2.05) is 98.1 Å². The molecule has 0 radical (unpaired) electrons. The Morgan fingerprint density at radius 2 is 1.25 bits per heavy atom. The van der Waals surface area contributed by atoms with Crippen molar-refractivity contribution in [2.45, 2.75) is 12.8 Å². The highest BCUT2D eigenvalue weighted by atomic mass is 14.9. The minimum atomic E-state index is 0.711. The third-order valence-electron chi connectivity index (χ3n) is 4.59. The molecule has 4 rings (SSSR count). The van der Waals surface area contributed by atoms with Gasteiger partial charge in [-0.25, -0.2) is 0 Å². The lowest BCUT2D eigenvalue weighted by Crippen LogP contribution is -2.05. The Hall–Kier alpha value is -4.06. The second-order valence-corrected chi connectivity index (χ2v) is 7.06. The molecule has 0 aromatic heterocycles. The van der Waals surface area contributed by atoms with Crippen LogP contribution in [-0.2, 0) is 0 Å². The SMILES string of the molecule is CN=C1C=CC(=N)CC1.CNc1ccc(Nc2ccc(N)cc2)cc1.Nc1ccccc1. The van der Waals surface area contributed by atoms with Crippen molar-refractivity contribution >= 4 is 39.9 Å². The predicted molar refractivity (Wildman–Crippen MR) is 140 cm³/mol. The van der Waals surface area contributed by atoms with E-state index in [1.165, 1.54) is 0 Å². The van der Waals surface area contributed by atoms with Gasteiger partial charge in [-0.2, -0.15) is 0 Å². The van der Waals surface area contributed by atoms with Crippen LogP contribution in [0.2, 0.25) is 0 Å². The monoisotopic (exact) mass is 428 g/mol. The molecule has 0 fully saturated rings. The number of benzene rings is 3. The Labute approximate surface area is 190 Å². The number of rotatable bonds is 3. The molecule has 0 heterocycles. The van der Waals surface area contributed by atoms with Crippen LogP contribution in [0.15, 0.2) is 96.0 Å². The predicted octanol–water partition coefficient (Wildman–Crippen LogP) is 5.75. The summed E-state index contributed by atoms with van der Waals surface area (Å²) in [5.41, 5.74) is 17.6. The molecule has 1 aliphatic carbocycles. The number of nitrogen functional groups attached to an aromatic ring is 2. The van der Waals surface area contributed by atoms with Gasteiger partial charge in [0.05, 0.1) is 0 Å². The molecule has 0 saturated heterocycles. The first-order valence-electron chi connectivity index (χ1n) is 10.4. The summed E-state index contributed by atoms with van der Waals surface area (Å²) in [7, 11) is 3.69. The van der Waals surface area contributed by atoms with Gasteiger partial charge in [0.25, 0.3) is 0 Å². The number of allylic oxidation sites excluding steroid dienone is 2. The second-order valence-electron chi connectivity index (χ2n) is 7.06. The molecule has 32 heavy (non-hydrogen) atoms. The van der Waals surface area contributed by atoms with Crippen LogP contribution in [0.1, 0.15) is 12.8 Å². The molecule has 3 aromatic rings. The number of nitrogens with zero attached hydrogens (tertiary/aromatic N) is 1. The van der Waals surface area contributed by atoms with Gasteiger partial charge in [0.1, 0.15) is 0 Å². The summed E-state index contributed by atoms with van der Waals surface area (Å²) >= 11 is 0. The number of hydrogen-bond acceptors (Lipinski definition) is 6. The van der Waals surface area contributed by atoms with Crippen molar-refractivity contribution < 1.29 is 0 Å². The number of nitrogens with two attached hydrogens (primary N) is 2. The van der Waals surface area contributed by atoms with Gasteiger partial charge in [0, 0.05) is 54.0 Å². The van der Waals surface area contributed by atoms with E-state index in [-0.39, 0.29) is 0 Å². The van der Waals surface area contributed by atoms with Crippen LogP contribution in [0.25, 0.3) is 0 Å². The summed E-state index contributed by atoms with van der Waals surface area (Å²) in [6.45, 7) is 0. The van der Waals surface area contributed by atoms with Crippen LogP contribution >= 0.6 is 0 Å².